The molecule has 1 amide bonds. The molecule has 1 saturated heterocycles. The van der Waals surface area contributed by atoms with Gasteiger partial charge in [0.25, 0.3) is 5.91 Å². The van der Waals surface area contributed by atoms with E-state index in [-0.39, 0.29) is 11.9 Å². The van der Waals surface area contributed by atoms with Crippen LogP contribution >= 0.6 is 0 Å². The van der Waals surface area contributed by atoms with Gasteiger partial charge in [-0.25, -0.2) is 4.98 Å². The minimum atomic E-state index is 0.0505. The number of imidazole rings is 1. The van der Waals surface area contributed by atoms with Crippen LogP contribution in [0.25, 0.3) is 22.6 Å². The van der Waals surface area contributed by atoms with E-state index in [4.69, 9.17) is 15.8 Å². The van der Waals surface area contributed by atoms with Crippen molar-refractivity contribution >= 4 is 16.9 Å². The van der Waals surface area contributed by atoms with Crippen molar-refractivity contribution in [2.24, 2.45) is 12.8 Å². The molecule has 31 heavy (non-hydrogen) atoms. The first-order valence-electron chi connectivity index (χ1n) is 11.7. The number of hydrogen-bond acceptors (Lipinski definition) is 4. The average molecular weight is 419 g/mol. The van der Waals surface area contributed by atoms with Gasteiger partial charge in [-0.15, -0.1) is 0 Å². The maximum Gasteiger partial charge on any atom is 0.253 e. The van der Waals surface area contributed by atoms with Crippen LogP contribution in [0.1, 0.15) is 73.0 Å². The van der Waals surface area contributed by atoms with Crippen LogP contribution in [0.5, 0.6) is 0 Å². The lowest BCUT2D eigenvalue weighted by Crippen LogP contribution is -2.45. The lowest BCUT2D eigenvalue weighted by molar-refractivity contribution is 0.0709. The topological polar surface area (TPSA) is 82.0 Å². The number of benzene rings is 1. The molecule has 7 nitrogen and oxygen atoms in total. The van der Waals surface area contributed by atoms with Crippen LogP contribution in [-0.2, 0) is 7.05 Å². The summed E-state index contributed by atoms with van der Waals surface area (Å²) in [5, 5.41) is 5.00. The van der Waals surface area contributed by atoms with Crippen LogP contribution in [0, 0.1) is 0 Å². The number of likely N-dealkylation sites (tertiary alicyclic amines) is 1. The molecule has 3 aliphatic rings. The summed E-state index contributed by atoms with van der Waals surface area (Å²) in [6, 6.07) is 8.73. The minimum absolute atomic E-state index is 0.0505. The highest BCUT2D eigenvalue weighted by Crippen LogP contribution is 2.44. The molecule has 6 rings (SSSR count). The number of piperidine rings is 1. The Kier molecular flexibility index (Phi) is 4.42. The van der Waals surface area contributed by atoms with Gasteiger partial charge in [0, 0.05) is 43.4 Å². The minimum Gasteiger partial charge on any atom is -0.337 e. The molecule has 2 saturated carbocycles. The molecule has 162 valence electrons. The van der Waals surface area contributed by atoms with Crippen LogP contribution in [0.3, 0.4) is 0 Å². The van der Waals surface area contributed by atoms with Gasteiger partial charge >= 0.3 is 0 Å². The molecule has 2 aromatic heterocycles. The number of fused-ring (bicyclic) bond motifs is 1. The van der Waals surface area contributed by atoms with E-state index >= 15 is 0 Å². The number of nitrogens with two attached hydrogens (primary N) is 1. The highest BCUT2D eigenvalue weighted by Gasteiger charge is 2.33. The van der Waals surface area contributed by atoms with E-state index in [9.17, 15) is 4.79 Å². The molecule has 1 aliphatic heterocycles. The summed E-state index contributed by atoms with van der Waals surface area (Å²) in [4.78, 5) is 19.8. The number of nitrogens with zero attached hydrogens (tertiary/aromatic N) is 5. The number of aromatic nitrogens is 4. The SMILES string of the molecule is Cn1c(-c2cc(C3CC3)n(C3CCC3)n2)nc2cc(C(=O)N3CCC[C@@H](N)C3)ccc21. The van der Waals surface area contributed by atoms with E-state index < -0.39 is 0 Å². The van der Waals surface area contributed by atoms with Gasteiger partial charge in [0.05, 0.1) is 17.1 Å². The van der Waals surface area contributed by atoms with Crippen molar-refractivity contribution in [2.75, 3.05) is 13.1 Å². The van der Waals surface area contributed by atoms with Crippen LogP contribution in [0.4, 0.5) is 0 Å². The summed E-state index contributed by atoms with van der Waals surface area (Å²) in [6.07, 6.45) is 8.26. The second-order valence-corrected chi connectivity index (χ2v) is 9.61. The summed E-state index contributed by atoms with van der Waals surface area (Å²) in [7, 11) is 2.04. The maximum absolute atomic E-state index is 13.0. The fourth-order valence-electron chi connectivity index (χ4n) is 5.06. The molecule has 7 heteroatoms. The zero-order valence-corrected chi connectivity index (χ0v) is 18.1. The van der Waals surface area contributed by atoms with Crippen LogP contribution in [0.2, 0.25) is 0 Å². The number of rotatable bonds is 4. The van der Waals surface area contributed by atoms with Gasteiger partial charge in [-0.2, -0.15) is 5.10 Å². The van der Waals surface area contributed by atoms with Gasteiger partial charge in [-0.3, -0.25) is 9.48 Å². The van der Waals surface area contributed by atoms with E-state index in [2.05, 4.69) is 15.3 Å². The second-order valence-electron chi connectivity index (χ2n) is 9.61. The quantitative estimate of drug-likeness (QED) is 0.702. The number of hydrogen-bond donors (Lipinski definition) is 1. The van der Waals surface area contributed by atoms with Crippen LogP contribution in [0.15, 0.2) is 24.3 Å². The van der Waals surface area contributed by atoms with Crippen LogP contribution < -0.4 is 5.73 Å². The summed E-state index contributed by atoms with van der Waals surface area (Å²) in [5.74, 6) is 1.59. The lowest BCUT2D eigenvalue weighted by atomic mass is 9.93. The fraction of sp³-hybridized carbons (Fsp3) is 0.542. The molecular weight excluding hydrogens is 388 g/mol. The maximum atomic E-state index is 13.0. The number of carbonyl (C=O) groups excluding carboxylic acids is 1. The van der Waals surface area contributed by atoms with Crippen molar-refractivity contribution in [2.45, 2.75) is 62.9 Å². The molecule has 3 fully saturated rings. The van der Waals surface area contributed by atoms with Crippen molar-refractivity contribution in [3.63, 3.8) is 0 Å². The lowest BCUT2D eigenvalue weighted by Gasteiger charge is -2.30. The first-order chi connectivity index (χ1) is 15.1. The van der Waals surface area contributed by atoms with E-state index in [1.165, 1.54) is 37.8 Å². The zero-order valence-electron chi connectivity index (χ0n) is 18.1. The summed E-state index contributed by atoms with van der Waals surface area (Å²) < 4.78 is 4.38. The summed E-state index contributed by atoms with van der Waals surface area (Å²) in [5.41, 5.74) is 11.0. The molecule has 2 aliphatic carbocycles. The predicted octanol–water partition coefficient (Wildman–Crippen LogP) is 3.60. The molecule has 0 spiro atoms. The van der Waals surface area contributed by atoms with Gasteiger partial charge in [-0.1, -0.05) is 0 Å². The van der Waals surface area contributed by atoms with Crippen molar-refractivity contribution < 1.29 is 4.79 Å². The van der Waals surface area contributed by atoms with Crippen molar-refractivity contribution in [3.8, 4) is 11.5 Å². The Bertz CT molecular complexity index is 1150. The van der Waals surface area contributed by atoms with Gasteiger partial charge in [0.1, 0.15) is 5.69 Å². The Hall–Kier alpha value is -2.67. The number of amides is 1. The number of aryl methyl sites for hydroxylation is 1. The molecule has 1 aromatic carbocycles. The van der Waals surface area contributed by atoms with Gasteiger partial charge < -0.3 is 15.2 Å². The van der Waals surface area contributed by atoms with Crippen LogP contribution in [-0.4, -0.2) is 49.3 Å². The monoisotopic (exact) mass is 418 g/mol. The smallest absolute Gasteiger partial charge is 0.253 e. The first kappa shape index (κ1) is 19.0. The Morgan fingerprint density at radius 1 is 1.10 bits per heavy atom. The Morgan fingerprint density at radius 2 is 1.94 bits per heavy atom. The second kappa shape index (κ2) is 7.19. The molecule has 0 unspecified atom stereocenters. The van der Waals surface area contributed by atoms with Crippen molar-refractivity contribution in [1.29, 1.82) is 0 Å². The molecule has 2 N–H and O–H groups in total. The Labute approximate surface area is 182 Å². The Morgan fingerprint density at radius 3 is 2.65 bits per heavy atom. The summed E-state index contributed by atoms with van der Waals surface area (Å²) in [6.45, 7) is 1.41. The third-order valence-corrected chi connectivity index (χ3v) is 7.28. The third-order valence-electron chi connectivity index (χ3n) is 7.28. The standard InChI is InChI=1S/C24H30N6O/c1-28-21-10-9-16(24(31)29-11-3-4-17(25)14-29)12-19(21)26-23(28)20-13-22(15-7-8-15)30(27-20)18-5-2-6-18/h9-10,12-13,15,17-18H,2-8,11,14,25H2,1H3/t17-/m1/s1. The predicted molar refractivity (Wildman–Crippen MR) is 120 cm³/mol. The molecule has 0 radical (unpaired) electrons. The first-order valence-corrected chi connectivity index (χ1v) is 11.7. The van der Waals surface area contributed by atoms with Gasteiger partial charge in [-0.05, 0) is 69.2 Å². The van der Waals surface area contributed by atoms with Crippen molar-refractivity contribution in [3.05, 3.63) is 35.5 Å². The van der Waals surface area contributed by atoms with E-state index in [0.29, 0.717) is 24.1 Å². The molecule has 3 heterocycles. The van der Waals surface area contributed by atoms with Gasteiger partial charge in [0.15, 0.2) is 5.82 Å². The number of carbonyl (C=O) groups is 1. The normalized spacial score (nSPS) is 22.1. The molecule has 0 bridgehead atoms. The summed E-state index contributed by atoms with van der Waals surface area (Å²) >= 11 is 0. The van der Waals surface area contributed by atoms with E-state index in [1.54, 1.807) is 0 Å². The molecule has 1 atom stereocenters. The van der Waals surface area contributed by atoms with Crippen molar-refractivity contribution in [1.82, 2.24) is 24.2 Å². The highest BCUT2D eigenvalue weighted by atomic mass is 16.2. The molecule has 3 aromatic rings. The average Bonchev–Trinajstić information content (AvgIpc) is 3.41. The highest BCUT2D eigenvalue weighted by molar-refractivity contribution is 5.98. The van der Waals surface area contributed by atoms with Gasteiger partial charge in [0.2, 0.25) is 0 Å². The third kappa shape index (κ3) is 3.26. The zero-order chi connectivity index (χ0) is 21.1. The largest absolute Gasteiger partial charge is 0.337 e. The Balaban J connectivity index is 1.35. The van der Waals surface area contributed by atoms with E-state index in [1.807, 2.05) is 30.1 Å². The molecular formula is C24H30N6O. The fourth-order valence-corrected chi connectivity index (χ4v) is 5.06. The van der Waals surface area contributed by atoms with E-state index in [0.717, 1.165) is 41.9 Å².